The molecule has 2 nitrogen and oxygen atoms in total. The van der Waals surface area contributed by atoms with E-state index in [1.807, 2.05) is 0 Å². The average Bonchev–Trinajstić information content (AvgIpc) is 2.28. The number of halogens is 3. The molecular formula is C11H13BF3KO2. The van der Waals surface area contributed by atoms with Crippen LogP contribution in [0.25, 0.3) is 0 Å². The molecule has 7 heteroatoms. The predicted octanol–water partition coefficient (Wildman–Crippen LogP) is -0.102. The molecule has 94 valence electrons. The second-order valence-corrected chi connectivity index (χ2v) is 4.11. The van der Waals surface area contributed by atoms with E-state index in [0.29, 0.717) is 0 Å². The van der Waals surface area contributed by atoms with Crippen LogP contribution < -0.4 is 51.4 Å². The van der Waals surface area contributed by atoms with Crippen LogP contribution in [-0.4, -0.2) is 20.1 Å². The molecule has 0 aliphatic rings. The van der Waals surface area contributed by atoms with Crippen LogP contribution >= 0.6 is 0 Å². The molecule has 0 aliphatic carbocycles. The monoisotopic (exact) mass is 284 g/mol. The van der Waals surface area contributed by atoms with Gasteiger partial charge in [0, 0.05) is 6.42 Å². The van der Waals surface area contributed by atoms with Crippen molar-refractivity contribution >= 4 is 12.9 Å². The zero-order chi connectivity index (χ0) is 13.1. The van der Waals surface area contributed by atoms with Gasteiger partial charge in [-0.1, -0.05) is 42.8 Å². The number of carbonyl (C=O) groups excluding carboxylic acids is 1. The first-order valence-electron chi connectivity index (χ1n) is 5.13. The molecule has 1 aromatic rings. The quantitative estimate of drug-likeness (QED) is 0.570. The van der Waals surface area contributed by atoms with Crippen molar-refractivity contribution in [3.05, 3.63) is 35.9 Å². The predicted molar refractivity (Wildman–Crippen MR) is 59.5 cm³/mol. The third-order valence-corrected chi connectivity index (χ3v) is 2.89. The fourth-order valence-electron chi connectivity index (χ4n) is 1.60. The second kappa shape index (κ2) is 7.09. The SMILES string of the molecule is COC(=O)C[C@](C)(c1ccccc1)[B-](F)(F)F.[K+]. The van der Waals surface area contributed by atoms with Crippen LogP contribution in [0.5, 0.6) is 0 Å². The maximum absolute atomic E-state index is 13.1. The van der Waals surface area contributed by atoms with Gasteiger partial charge in [0.1, 0.15) is 0 Å². The van der Waals surface area contributed by atoms with Gasteiger partial charge in [0.25, 0.3) is 0 Å². The van der Waals surface area contributed by atoms with E-state index in [1.165, 1.54) is 24.3 Å². The van der Waals surface area contributed by atoms with E-state index in [0.717, 1.165) is 14.0 Å². The Kier molecular flexibility index (Phi) is 7.17. The minimum Gasteiger partial charge on any atom is -0.469 e. The third-order valence-electron chi connectivity index (χ3n) is 2.89. The summed E-state index contributed by atoms with van der Waals surface area (Å²) < 4.78 is 43.8. The van der Waals surface area contributed by atoms with E-state index < -0.39 is 24.7 Å². The van der Waals surface area contributed by atoms with E-state index in [4.69, 9.17) is 0 Å². The van der Waals surface area contributed by atoms with Crippen LogP contribution in [0.4, 0.5) is 12.9 Å². The summed E-state index contributed by atoms with van der Waals surface area (Å²) in [5.74, 6) is -0.865. The minimum absolute atomic E-state index is 0. The normalized spacial score (nSPS) is 14.3. The summed E-state index contributed by atoms with van der Waals surface area (Å²) in [5, 5.41) is -2.16. The summed E-state index contributed by atoms with van der Waals surface area (Å²) in [6.45, 7) is -4.17. The number of methoxy groups -OCH3 is 1. The molecule has 0 N–H and O–H groups in total. The van der Waals surface area contributed by atoms with Gasteiger partial charge in [0.2, 0.25) is 0 Å². The fourth-order valence-corrected chi connectivity index (χ4v) is 1.60. The molecule has 0 fully saturated rings. The van der Waals surface area contributed by atoms with Crippen molar-refractivity contribution in [1.82, 2.24) is 0 Å². The Bertz CT molecular complexity index is 397. The standard InChI is InChI=1S/C11H13BF3O2.K/c1-11(12(13,14)15,8-10(16)17-2)9-6-4-3-5-7-9;/h3-7H,8H2,1-2H3;/q-1;+1/t11-;/m1./s1. The smallest absolute Gasteiger partial charge is 0.469 e. The zero-order valence-corrected chi connectivity index (χ0v) is 13.7. The first-order chi connectivity index (χ1) is 7.81. The number of benzene rings is 1. The number of ether oxygens (including phenoxy) is 1. The third kappa shape index (κ3) is 4.09. The number of hydrogen-bond acceptors (Lipinski definition) is 2. The molecule has 0 spiro atoms. The van der Waals surface area contributed by atoms with Gasteiger partial charge in [0.15, 0.2) is 0 Å². The van der Waals surface area contributed by atoms with Gasteiger partial charge < -0.3 is 17.7 Å². The Morgan fingerprint density at radius 3 is 2.17 bits per heavy atom. The number of carbonyl (C=O) groups is 1. The minimum atomic E-state index is -5.20. The van der Waals surface area contributed by atoms with Gasteiger partial charge in [-0.25, -0.2) is 0 Å². The molecule has 0 heterocycles. The van der Waals surface area contributed by atoms with Crippen LogP contribution in [0.1, 0.15) is 18.9 Å². The van der Waals surface area contributed by atoms with Crippen LogP contribution in [0.3, 0.4) is 0 Å². The maximum atomic E-state index is 13.1. The van der Waals surface area contributed by atoms with E-state index in [-0.39, 0.29) is 56.9 Å². The molecule has 0 saturated carbocycles. The number of esters is 1. The summed E-state index contributed by atoms with van der Waals surface area (Å²) in [6.07, 6.45) is -0.697. The molecule has 0 radical (unpaired) electrons. The van der Waals surface area contributed by atoms with Crippen LogP contribution in [-0.2, 0) is 14.8 Å². The van der Waals surface area contributed by atoms with Crippen molar-refractivity contribution < 1.29 is 73.9 Å². The van der Waals surface area contributed by atoms with Crippen LogP contribution in [0.15, 0.2) is 30.3 Å². The molecule has 18 heavy (non-hydrogen) atoms. The second-order valence-electron chi connectivity index (χ2n) is 4.11. The van der Waals surface area contributed by atoms with Gasteiger partial charge in [-0.3, -0.25) is 4.79 Å². The van der Waals surface area contributed by atoms with Gasteiger partial charge in [-0.2, -0.15) is 0 Å². The summed E-state index contributed by atoms with van der Waals surface area (Å²) >= 11 is 0. The van der Waals surface area contributed by atoms with Crippen molar-refractivity contribution in [1.29, 1.82) is 0 Å². The summed E-state index contributed by atoms with van der Waals surface area (Å²) in [6, 6.07) is 7.42. The number of hydrogen-bond donors (Lipinski definition) is 0. The Labute approximate surface area is 147 Å². The van der Waals surface area contributed by atoms with Crippen LogP contribution in [0, 0.1) is 0 Å². The zero-order valence-electron chi connectivity index (χ0n) is 10.6. The average molecular weight is 284 g/mol. The summed E-state index contributed by atoms with van der Waals surface area (Å²) in [7, 11) is 1.08. The van der Waals surface area contributed by atoms with Crippen molar-refractivity contribution in [3.8, 4) is 0 Å². The van der Waals surface area contributed by atoms with Crippen molar-refractivity contribution in [2.45, 2.75) is 18.7 Å². The summed E-state index contributed by atoms with van der Waals surface area (Å²) in [5.41, 5.74) is 0.0814. The largest absolute Gasteiger partial charge is 1.00 e. The molecule has 0 aliphatic heterocycles. The van der Waals surface area contributed by atoms with Gasteiger partial charge in [-0.15, -0.1) is 0 Å². The molecule has 1 atom stereocenters. The molecule has 0 aromatic heterocycles. The maximum Gasteiger partial charge on any atom is 1.00 e. The van der Waals surface area contributed by atoms with E-state index in [1.54, 1.807) is 6.07 Å². The Hall–Kier alpha value is 0.181. The molecule has 0 bridgehead atoms. The Morgan fingerprint density at radius 2 is 1.78 bits per heavy atom. The molecule has 1 rings (SSSR count). The van der Waals surface area contributed by atoms with E-state index in [9.17, 15) is 17.7 Å². The van der Waals surface area contributed by atoms with E-state index in [2.05, 4.69) is 4.74 Å². The first-order valence-corrected chi connectivity index (χ1v) is 5.13. The van der Waals surface area contributed by atoms with Crippen molar-refractivity contribution in [3.63, 3.8) is 0 Å². The van der Waals surface area contributed by atoms with Crippen molar-refractivity contribution in [2.75, 3.05) is 7.11 Å². The molecule has 1 aromatic carbocycles. The molecule has 0 saturated heterocycles. The molecule has 0 amide bonds. The first kappa shape index (κ1) is 18.2. The number of rotatable bonds is 4. The summed E-state index contributed by atoms with van der Waals surface area (Å²) in [4.78, 5) is 11.1. The van der Waals surface area contributed by atoms with Gasteiger partial charge in [0.05, 0.1) is 7.11 Å². The van der Waals surface area contributed by atoms with Gasteiger partial charge >= 0.3 is 64.3 Å². The van der Waals surface area contributed by atoms with Crippen LogP contribution in [0.2, 0.25) is 0 Å². The Morgan fingerprint density at radius 1 is 1.28 bits per heavy atom. The molecular weight excluding hydrogens is 271 g/mol. The van der Waals surface area contributed by atoms with Crippen molar-refractivity contribution in [2.24, 2.45) is 0 Å². The van der Waals surface area contributed by atoms with Gasteiger partial charge in [-0.05, 0) is 5.31 Å². The fraction of sp³-hybridized carbons (Fsp3) is 0.364. The topological polar surface area (TPSA) is 26.3 Å². The Balaban J connectivity index is 0.00000289. The van der Waals surface area contributed by atoms with E-state index >= 15 is 0 Å². The molecule has 0 unspecified atom stereocenters.